The van der Waals surface area contributed by atoms with Crippen LogP contribution in [0.4, 0.5) is 0 Å². The van der Waals surface area contributed by atoms with Gasteiger partial charge >= 0.3 is 57.4 Å². The van der Waals surface area contributed by atoms with Crippen LogP contribution in [0, 0.1) is 5.89 Å². The fraction of sp³-hybridized carbons (Fsp3) is 0.286. The minimum atomic E-state index is -2.17. The molecule has 0 radical (unpaired) electrons. The molecule has 29 heavy (non-hydrogen) atoms. The van der Waals surface area contributed by atoms with E-state index in [0.717, 1.165) is 18.1 Å². The molecular formula is C21H22KNO6. The number of hydrogen-bond acceptors (Lipinski definition) is 5. The first-order valence-corrected chi connectivity index (χ1v) is 8.47. The quantitative estimate of drug-likeness (QED) is 0.312. The molecule has 7 nitrogen and oxygen atoms in total. The molecule has 0 aliphatic heterocycles. The number of hydrogen-bond donors (Lipinski definition) is 2. The molecule has 1 amide bonds. The van der Waals surface area contributed by atoms with Gasteiger partial charge in [-0.3, -0.25) is 11.1 Å². The Labute approximate surface area is 213 Å². The standard InChI is InChI=1S/C21H22NO6.K/c1-13(12-23)20(24)22-16(21(25)26)11-14-7-9-15(10-8-14)19-17(27-2)5-4-6-18(19)28-3;/h4-10,13,16H,11H2,1-3H3,(H,22,24)(H,25,26);/q-1;+1/t13?,16-;/m0./s1/i13D;. The number of methoxy groups -OCH3 is 2. The zero-order chi connectivity index (χ0) is 21.6. The Bertz CT molecular complexity index is 879. The first-order valence-electron chi connectivity index (χ1n) is 8.97. The number of nitrogens with one attached hydrogen (secondary N) is 1. The van der Waals surface area contributed by atoms with Crippen molar-refractivity contribution in [2.45, 2.75) is 19.4 Å². The van der Waals surface area contributed by atoms with Crippen LogP contribution in [-0.2, 0) is 20.8 Å². The van der Waals surface area contributed by atoms with Crippen LogP contribution in [0.2, 0.25) is 0 Å². The van der Waals surface area contributed by atoms with Gasteiger partial charge < -0.3 is 24.7 Å². The van der Waals surface area contributed by atoms with Gasteiger partial charge in [-0.05, 0) is 23.3 Å². The van der Waals surface area contributed by atoms with Crippen molar-refractivity contribution in [1.82, 2.24) is 5.32 Å². The first kappa shape index (κ1) is 23.6. The summed E-state index contributed by atoms with van der Waals surface area (Å²) in [7, 11) is 3.12. The van der Waals surface area contributed by atoms with Crippen molar-refractivity contribution in [1.29, 1.82) is 0 Å². The zero-order valence-corrected chi connectivity index (χ0v) is 19.9. The van der Waals surface area contributed by atoms with E-state index in [0.29, 0.717) is 17.1 Å². The molecule has 0 spiro atoms. The zero-order valence-electron chi connectivity index (χ0n) is 17.8. The van der Waals surface area contributed by atoms with Crippen LogP contribution in [0.25, 0.3) is 11.1 Å². The maximum Gasteiger partial charge on any atom is 1.00 e. The Morgan fingerprint density at radius 3 is 2.14 bits per heavy atom. The summed E-state index contributed by atoms with van der Waals surface area (Å²) >= 11 is 0. The van der Waals surface area contributed by atoms with Crippen LogP contribution in [-0.4, -0.2) is 43.5 Å². The molecule has 0 aliphatic carbocycles. The van der Waals surface area contributed by atoms with Gasteiger partial charge in [0, 0.05) is 7.79 Å². The molecule has 0 aromatic heterocycles. The van der Waals surface area contributed by atoms with E-state index < -0.39 is 23.8 Å². The molecule has 2 aromatic rings. The number of carboxylic acids is 1. The summed E-state index contributed by atoms with van der Waals surface area (Å²) in [4.78, 5) is 34.1. The first-order chi connectivity index (χ1) is 13.7. The third kappa shape index (κ3) is 6.65. The number of aliphatic carboxylic acids is 1. The SMILES string of the molecule is [2H]C(C)([C-]=O)C(=O)N[C@@H](Cc1ccc(-c2c(OC)cccc2OC)cc1)C(=O)O.[K+]. The summed E-state index contributed by atoms with van der Waals surface area (Å²) in [5.74, 6) is -3.19. The van der Waals surface area contributed by atoms with Crippen LogP contribution in [0.5, 0.6) is 11.5 Å². The van der Waals surface area contributed by atoms with Crippen molar-refractivity contribution in [2.75, 3.05) is 14.2 Å². The van der Waals surface area contributed by atoms with Crippen LogP contribution in [0.1, 0.15) is 13.9 Å². The summed E-state index contributed by atoms with van der Waals surface area (Å²) < 4.78 is 18.3. The van der Waals surface area contributed by atoms with Crippen molar-refractivity contribution >= 4 is 18.2 Å². The number of carbonyl (C=O) groups excluding carboxylic acids is 2. The number of rotatable bonds is 9. The molecule has 2 atom stereocenters. The average Bonchev–Trinajstić information content (AvgIpc) is 2.72. The third-order valence-corrected chi connectivity index (χ3v) is 4.21. The van der Waals surface area contributed by atoms with E-state index >= 15 is 0 Å². The number of carbonyl (C=O) groups is 2. The van der Waals surface area contributed by atoms with Gasteiger partial charge in [0.1, 0.15) is 17.5 Å². The average molecular weight is 425 g/mol. The third-order valence-electron chi connectivity index (χ3n) is 4.21. The van der Waals surface area contributed by atoms with Gasteiger partial charge in [-0.15, -0.1) is 0 Å². The Morgan fingerprint density at radius 1 is 1.14 bits per heavy atom. The molecule has 2 N–H and O–H groups in total. The molecule has 0 saturated heterocycles. The van der Waals surface area contributed by atoms with Crippen molar-refractivity contribution in [3.05, 3.63) is 48.0 Å². The summed E-state index contributed by atoms with van der Waals surface area (Å²) in [6.07, 6.45) is 1.27. The van der Waals surface area contributed by atoms with Crippen LogP contribution in [0.3, 0.4) is 0 Å². The van der Waals surface area contributed by atoms with Gasteiger partial charge in [0.15, 0.2) is 5.91 Å². The fourth-order valence-corrected chi connectivity index (χ4v) is 2.69. The van der Waals surface area contributed by atoms with E-state index in [1.54, 1.807) is 38.5 Å². The normalized spacial score (nSPS) is 13.7. The second kappa shape index (κ2) is 12.1. The molecule has 1 unspecified atom stereocenters. The molecule has 0 fully saturated rings. The minimum Gasteiger partial charge on any atom is -0.541 e. The van der Waals surface area contributed by atoms with Crippen LogP contribution < -0.4 is 66.2 Å². The summed E-state index contributed by atoms with van der Waals surface area (Å²) in [6.45, 7) is 1.05. The van der Waals surface area contributed by atoms with Crippen molar-refractivity contribution < 1.29 is 81.7 Å². The second-order valence-electron chi connectivity index (χ2n) is 6.03. The van der Waals surface area contributed by atoms with Crippen LogP contribution in [0.15, 0.2) is 42.5 Å². The van der Waals surface area contributed by atoms with Gasteiger partial charge in [0.2, 0.25) is 0 Å². The number of carboxylic acid groups (broad SMARTS) is 1. The molecule has 148 valence electrons. The molecule has 0 aliphatic rings. The molecule has 0 heterocycles. The van der Waals surface area contributed by atoms with Crippen molar-refractivity contribution in [3.8, 4) is 22.6 Å². The van der Waals surface area contributed by atoms with E-state index in [9.17, 15) is 19.5 Å². The van der Waals surface area contributed by atoms with Crippen LogP contribution >= 0.6 is 0 Å². The molecule has 2 aromatic carbocycles. The van der Waals surface area contributed by atoms with E-state index in [1.165, 1.54) is 6.29 Å². The van der Waals surface area contributed by atoms with E-state index in [-0.39, 0.29) is 57.8 Å². The van der Waals surface area contributed by atoms with Gasteiger partial charge in [-0.1, -0.05) is 43.1 Å². The molecule has 0 bridgehead atoms. The van der Waals surface area contributed by atoms with Crippen molar-refractivity contribution in [2.24, 2.45) is 5.89 Å². The van der Waals surface area contributed by atoms with Gasteiger partial charge in [-0.2, -0.15) is 0 Å². The maximum atomic E-state index is 11.9. The Kier molecular flexibility index (Phi) is 9.82. The molecule has 8 heteroatoms. The monoisotopic (exact) mass is 424 g/mol. The van der Waals surface area contributed by atoms with Gasteiger partial charge in [0.05, 0.1) is 19.8 Å². The predicted molar refractivity (Wildman–Crippen MR) is 103 cm³/mol. The molecule has 2 rings (SSSR count). The van der Waals surface area contributed by atoms with Gasteiger partial charge in [-0.25, -0.2) is 4.79 Å². The second-order valence-corrected chi connectivity index (χ2v) is 6.03. The topological polar surface area (TPSA) is 102 Å². The predicted octanol–water partition coefficient (Wildman–Crippen LogP) is -0.767. The Hall–Kier alpha value is -1.71. The number of ether oxygens (including phenoxy) is 2. The molecular weight excluding hydrogens is 401 g/mol. The summed E-state index contributed by atoms with van der Waals surface area (Å²) in [6, 6.07) is 11.2. The number of amides is 1. The van der Waals surface area contributed by atoms with Gasteiger partial charge in [0.25, 0.3) is 0 Å². The van der Waals surface area contributed by atoms with Crippen molar-refractivity contribution in [3.63, 3.8) is 0 Å². The minimum absolute atomic E-state index is 0. The smallest absolute Gasteiger partial charge is 0.541 e. The van der Waals surface area contributed by atoms with E-state index in [4.69, 9.17) is 10.8 Å². The Morgan fingerprint density at radius 2 is 1.69 bits per heavy atom. The summed E-state index contributed by atoms with van der Waals surface area (Å²) in [5, 5.41) is 11.6. The Balaban J connectivity index is 0.00000450. The molecule has 0 saturated carbocycles. The largest absolute Gasteiger partial charge is 1.00 e. The number of benzene rings is 2. The van der Waals surface area contributed by atoms with E-state index in [1.807, 2.05) is 18.2 Å². The van der Waals surface area contributed by atoms with E-state index in [2.05, 4.69) is 5.32 Å². The fourth-order valence-electron chi connectivity index (χ4n) is 2.69. The summed E-state index contributed by atoms with van der Waals surface area (Å²) in [5.41, 5.74) is 2.23. The maximum absolute atomic E-state index is 11.9.